The summed E-state index contributed by atoms with van der Waals surface area (Å²) in [6.07, 6.45) is -8.54. The first kappa shape index (κ1) is 17.1. The van der Waals surface area contributed by atoms with E-state index in [0.717, 1.165) is 0 Å². The number of hydrogen-bond acceptors (Lipinski definition) is 3. The molecule has 0 radical (unpaired) electrons. The molecule has 112 valence electrons. The van der Waals surface area contributed by atoms with Crippen molar-refractivity contribution in [3.05, 3.63) is 26.6 Å². The third kappa shape index (κ3) is 4.25. The molecule has 0 bridgehead atoms. The van der Waals surface area contributed by atoms with Crippen LogP contribution in [0.4, 0.5) is 22.0 Å². The van der Waals surface area contributed by atoms with Crippen LogP contribution in [0.3, 0.4) is 0 Å². The molecule has 0 fully saturated rings. The molecule has 0 saturated carbocycles. The van der Waals surface area contributed by atoms with E-state index in [1.165, 1.54) is 29.5 Å². The molecule has 1 rings (SSSR count). The summed E-state index contributed by atoms with van der Waals surface area (Å²) in [5.41, 5.74) is -2.55. The molecule has 3 nitrogen and oxygen atoms in total. The van der Waals surface area contributed by atoms with E-state index in [1.54, 1.807) is 0 Å². The Labute approximate surface area is 124 Å². The summed E-state index contributed by atoms with van der Waals surface area (Å²) in [6, 6.07) is 0.590. The van der Waals surface area contributed by atoms with E-state index in [-0.39, 0.29) is 6.61 Å². The third-order valence-electron chi connectivity index (χ3n) is 2.22. The Morgan fingerprint density at radius 2 is 2.05 bits per heavy atom. The summed E-state index contributed by atoms with van der Waals surface area (Å²) >= 11 is 1.22. The zero-order valence-corrected chi connectivity index (χ0v) is 12.3. The molecule has 1 aromatic heterocycles. The van der Waals surface area contributed by atoms with Gasteiger partial charge in [0.25, 0.3) is 6.43 Å². The normalized spacial score (nSPS) is 11.8. The van der Waals surface area contributed by atoms with E-state index < -0.39 is 45.5 Å². The molecule has 0 N–H and O–H groups in total. The maximum atomic E-state index is 12.9. The van der Waals surface area contributed by atoms with Gasteiger partial charge in [-0.3, -0.25) is 4.79 Å². The van der Waals surface area contributed by atoms with Gasteiger partial charge in [-0.1, -0.05) is 0 Å². The molecule has 0 spiro atoms. The minimum Gasteiger partial charge on any atom is -0.466 e. The number of ether oxygens (including phenoxy) is 1. The minimum absolute atomic E-state index is 0.00986. The molecule has 0 unspecified atom stereocenters. The van der Waals surface area contributed by atoms with Crippen LogP contribution in [-0.2, 0) is 22.1 Å². The molecule has 0 aliphatic carbocycles. The van der Waals surface area contributed by atoms with Crippen molar-refractivity contribution in [1.29, 1.82) is 0 Å². The number of pyridine rings is 1. The van der Waals surface area contributed by atoms with Crippen LogP contribution in [0.25, 0.3) is 0 Å². The fraction of sp³-hybridized carbons (Fsp3) is 0.455. The van der Waals surface area contributed by atoms with Crippen LogP contribution in [-0.4, -0.2) is 17.6 Å². The lowest BCUT2D eigenvalue weighted by Crippen LogP contribution is -2.18. The van der Waals surface area contributed by atoms with Gasteiger partial charge in [-0.25, -0.2) is 13.8 Å². The molecule has 0 amide bonds. The molecule has 0 saturated heterocycles. The molecule has 20 heavy (non-hydrogen) atoms. The largest absolute Gasteiger partial charge is 0.466 e. The number of carbonyl (C=O) groups is 1. The Morgan fingerprint density at radius 3 is 2.50 bits per heavy atom. The highest BCUT2D eigenvalue weighted by molar-refractivity contribution is 14.1. The van der Waals surface area contributed by atoms with E-state index in [9.17, 15) is 26.7 Å². The smallest absolute Gasteiger partial charge is 0.419 e. The number of carbonyl (C=O) groups excluding carboxylic acids is 1. The highest BCUT2D eigenvalue weighted by Gasteiger charge is 2.38. The van der Waals surface area contributed by atoms with Gasteiger partial charge in [-0.15, -0.1) is 0 Å². The van der Waals surface area contributed by atoms with Crippen LogP contribution in [0.2, 0.25) is 0 Å². The number of alkyl halides is 5. The number of aromatic nitrogens is 1. The maximum absolute atomic E-state index is 12.9. The van der Waals surface area contributed by atoms with E-state index in [0.29, 0.717) is 6.07 Å². The van der Waals surface area contributed by atoms with Crippen molar-refractivity contribution in [2.75, 3.05) is 6.61 Å². The lowest BCUT2D eigenvalue weighted by Gasteiger charge is -2.15. The second kappa shape index (κ2) is 6.64. The predicted molar refractivity (Wildman–Crippen MR) is 67.3 cm³/mol. The Kier molecular flexibility index (Phi) is 5.66. The van der Waals surface area contributed by atoms with Crippen molar-refractivity contribution in [3.63, 3.8) is 0 Å². The van der Waals surface area contributed by atoms with Gasteiger partial charge < -0.3 is 4.74 Å². The van der Waals surface area contributed by atoms with Crippen molar-refractivity contribution in [2.24, 2.45) is 0 Å². The summed E-state index contributed by atoms with van der Waals surface area (Å²) in [5.74, 6) is -0.916. The van der Waals surface area contributed by atoms with Crippen molar-refractivity contribution in [3.8, 4) is 0 Å². The van der Waals surface area contributed by atoms with Gasteiger partial charge in [0.15, 0.2) is 0 Å². The predicted octanol–water partition coefficient (Wildman–Crippen LogP) is 3.75. The van der Waals surface area contributed by atoms with Crippen LogP contribution >= 0.6 is 22.6 Å². The quantitative estimate of drug-likeness (QED) is 0.329. The first-order valence-corrected chi connectivity index (χ1v) is 6.45. The topological polar surface area (TPSA) is 39.2 Å². The highest BCUT2D eigenvalue weighted by Crippen LogP contribution is 2.36. The highest BCUT2D eigenvalue weighted by atomic mass is 127. The average Bonchev–Trinajstić information content (AvgIpc) is 2.26. The monoisotopic (exact) mass is 409 g/mol. The van der Waals surface area contributed by atoms with Gasteiger partial charge in [-0.2, -0.15) is 13.2 Å². The Balaban J connectivity index is 3.32. The van der Waals surface area contributed by atoms with Gasteiger partial charge in [0, 0.05) is 0 Å². The van der Waals surface area contributed by atoms with Gasteiger partial charge >= 0.3 is 12.1 Å². The van der Waals surface area contributed by atoms with Crippen LogP contribution in [0.15, 0.2) is 6.07 Å². The fourth-order valence-electron chi connectivity index (χ4n) is 1.50. The second-order valence-corrected chi connectivity index (χ2v) is 4.67. The van der Waals surface area contributed by atoms with Crippen molar-refractivity contribution in [2.45, 2.75) is 25.9 Å². The molecule has 1 heterocycles. The summed E-state index contributed by atoms with van der Waals surface area (Å²) in [6.45, 7) is 1.48. The third-order valence-corrected chi connectivity index (χ3v) is 3.00. The second-order valence-electron chi connectivity index (χ2n) is 3.65. The average molecular weight is 409 g/mol. The zero-order valence-electron chi connectivity index (χ0n) is 10.1. The molecule has 9 heteroatoms. The van der Waals surface area contributed by atoms with Crippen molar-refractivity contribution >= 4 is 28.6 Å². The molecule has 0 aromatic carbocycles. The zero-order chi connectivity index (χ0) is 15.5. The number of halogens is 6. The van der Waals surface area contributed by atoms with E-state index in [1.807, 2.05) is 0 Å². The molecular weight excluding hydrogens is 400 g/mol. The SMILES string of the molecule is CCOC(=O)Cc1cc(C(F)F)nc(I)c1C(F)(F)F. The Bertz CT molecular complexity index is 504. The Hall–Kier alpha value is -1.00. The first-order valence-electron chi connectivity index (χ1n) is 5.37. The van der Waals surface area contributed by atoms with Gasteiger partial charge in [0.2, 0.25) is 0 Å². The standard InChI is InChI=1S/C11H9F5INO2/c1-2-20-7(19)4-5-3-6(9(12)13)18-10(17)8(5)11(14,15)16/h3,9H,2,4H2,1H3. The summed E-state index contributed by atoms with van der Waals surface area (Å²) in [5, 5.41) is 0. The number of hydrogen-bond donors (Lipinski definition) is 0. The Morgan fingerprint density at radius 1 is 1.45 bits per heavy atom. The van der Waals surface area contributed by atoms with Gasteiger partial charge in [0.1, 0.15) is 9.39 Å². The van der Waals surface area contributed by atoms with Crippen molar-refractivity contribution in [1.82, 2.24) is 4.98 Å². The van der Waals surface area contributed by atoms with Crippen molar-refractivity contribution < 1.29 is 31.5 Å². The summed E-state index contributed by atoms with van der Waals surface area (Å²) in [4.78, 5) is 14.5. The molecule has 1 aromatic rings. The molecule has 0 aliphatic heterocycles. The first-order chi connectivity index (χ1) is 9.16. The van der Waals surface area contributed by atoms with Crippen LogP contribution in [0.1, 0.15) is 30.2 Å². The van der Waals surface area contributed by atoms with E-state index in [4.69, 9.17) is 0 Å². The van der Waals surface area contributed by atoms with E-state index >= 15 is 0 Å². The fourth-order valence-corrected chi connectivity index (χ4v) is 2.43. The molecular formula is C11H9F5INO2. The van der Waals surface area contributed by atoms with Gasteiger partial charge in [0.05, 0.1) is 18.6 Å². The summed E-state index contributed by atoms with van der Waals surface area (Å²) < 4.78 is 67.8. The van der Waals surface area contributed by atoms with Crippen LogP contribution in [0, 0.1) is 3.70 Å². The molecule has 0 aliphatic rings. The number of nitrogens with zero attached hydrogens (tertiary/aromatic N) is 1. The summed E-state index contributed by atoms with van der Waals surface area (Å²) in [7, 11) is 0. The number of rotatable bonds is 4. The minimum atomic E-state index is -4.79. The maximum Gasteiger partial charge on any atom is 0.419 e. The number of esters is 1. The molecule has 0 atom stereocenters. The van der Waals surface area contributed by atoms with Gasteiger partial charge in [-0.05, 0) is 41.1 Å². The lowest BCUT2D eigenvalue weighted by molar-refractivity contribution is -0.143. The lowest BCUT2D eigenvalue weighted by atomic mass is 10.1. The van der Waals surface area contributed by atoms with Crippen LogP contribution < -0.4 is 0 Å². The van der Waals surface area contributed by atoms with Crippen LogP contribution in [0.5, 0.6) is 0 Å². The van der Waals surface area contributed by atoms with E-state index in [2.05, 4.69) is 9.72 Å².